The van der Waals surface area contributed by atoms with Gasteiger partial charge < -0.3 is 9.80 Å². The van der Waals surface area contributed by atoms with Gasteiger partial charge in [0.1, 0.15) is 0 Å². The number of anilines is 1. The van der Waals surface area contributed by atoms with Crippen LogP contribution in [0.3, 0.4) is 0 Å². The molecule has 0 aromatic carbocycles. The summed E-state index contributed by atoms with van der Waals surface area (Å²) in [4.78, 5) is 25.5. The Morgan fingerprint density at radius 2 is 1.92 bits per heavy atom. The van der Waals surface area contributed by atoms with Crippen molar-refractivity contribution in [3.05, 3.63) is 54.6 Å². The summed E-state index contributed by atoms with van der Waals surface area (Å²) in [5, 5.41) is 4.17. The highest BCUT2D eigenvalue weighted by atomic mass is 16.2. The van der Waals surface area contributed by atoms with Crippen molar-refractivity contribution in [2.24, 2.45) is 0 Å². The van der Waals surface area contributed by atoms with E-state index >= 15 is 0 Å². The van der Waals surface area contributed by atoms with Crippen molar-refractivity contribution in [2.45, 2.75) is 18.9 Å². The number of amides is 1. The van der Waals surface area contributed by atoms with Crippen LogP contribution in [0.25, 0.3) is 5.52 Å². The zero-order chi connectivity index (χ0) is 17.2. The van der Waals surface area contributed by atoms with Crippen LogP contribution in [0.15, 0.2) is 49.1 Å². The monoisotopic (exact) mass is 336 g/mol. The largest absolute Gasteiger partial charge is 0.341 e. The smallest absolute Gasteiger partial charge is 0.253 e. The Kier molecular flexibility index (Phi) is 4.05. The molecule has 0 bridgehead atoms. The maximum atomic E-state index is 12.8. The van der Waals surface area contributed by atoms with Gasteiger partial charge in [-0.3, -0.25) is 4.79 Å². The van der Waals surface area contributed by atoms with E-state index in [2.05, 4.69) is 20.0 Å². The average molecular weight is 336 g/mol. The Bertz CT molecular complexity index is 869. The lowest BCUT2D eigenvalue weighted by atomic mass is 10.0. The summed E-state index contributed by atoms with van der Waals surface area (Å²) in [6, 6.07) is 7.66. The third-order valence-corrected chi connectivity index (χ3v) is 4.81. The molecule has 1 amide bonds. The van der Waals surface area contributed by atoms with E-state index in [1.54, 1.807) is 23.1 Å². The van der Waals surface area contributed by atoms with Crippen LogP contribution in [0.2, 0.25) is 0 Å². The molecule has 25 heavy (non-hydrogen) atoms. The summed E-state index contributed by atoms with van der Waals surface area (Å²) in [5.41, 5.74) is 1.62. The molecule has 0 radical (unpaired) electrons. The van der Waals surface area contributed by atoms with Gasteiger partial charge in [0, 0.05) is 56.5 Å². The van der Waals surface area contributed by atoms with Gasteiger partial charge in [-0.1, -0.05) is 0 Å². The topological polar surface area (TPSA) is 66.6 Å². The fourth-order valence-electron chi connectivity index (χ4n) is 3.33. The number of fused-ring (bicyclic) bond motifs is 1. The van der Waals surface area contributed by atoms with Gasteiger partial charge in [0.15, 0.2) is 0 Å². The summed E-state index contributed by atoms with van der Waals surface area (Å²) >= 11 is 0. The first kappa shape index (κ1) is 15.6. The summed E-state index contributed by atoms with van der Waals surface area (Å²) in [5.74, 6) is 0.819. The third kappa shape index (κ3) is 3.05. The number of aromatic nitrogens is 4. The molecule has 0 aliphatic carbocycles. The molecular weight excluding hydrogens is 316 g/mol. The normalized spacial score (nSPS) is 15.5. The van der Waals surface area contributed by atoms with Gasteiger partial charge in [0.05, 0.1) is 5.52 Å². The van der Waals surface area contributed by atoms with E-state index in [0.717, 1.165) is 37.4 Å². The van der Waals surface area contributed by atoms with Crippen LogP contribution in [0, 0.1) is 0 Å². The summed E-state index contributed by atoms with van der Waals surface area (Å²) in [6.45, 7) is 1.71. The van der Waals surface area contributed by atoms with Crippen LogP contribution < -0.4 is 4.90 Å². The number of piperidine rings is 1. The lowest BCUT2D eigenvalue weighted by molar-refractivity contribution is 0.0709. The molecule has 0 saturated carbocycles. The minimum Gasteiger partial charge on any atom is -0.341 e. The van der Waals surface area contributed by atoms with Crippen LogP contribution in [-0.4, -0.2) is 56.6 Å². The molecule has 4 heterocycles. The van der Waals surface area contributed by atoms with E-state index < -0.39 is 0 Å². The van der Waals surface area contributed by atoms with Crippen molar-refractivity contribution in [1.82, 2.24) is 24.5 Å². The predicted octanol–water partition coefficient (Wildman–Crippen LogP) is 1.87. The van der Waals surface area contributed by atoms with E-state index in [-0.39, 0.29) is 11.9 Å². The summed E-state index contributed by atoms with van der Waals surface area (Å²) in [7, 11) is 1.89. The minimum absolute atomic E-state index is 0.0538. The molecule has 0 unspecified atom stereocenters. The average Bonchev–Trinajstić information content (AvgIpc) is 3.15. The van der Waals surface area contributed by atoms with Crippen molar-refractivity contribution in [3.63, 3.8) is 0 Å². The quantitative estimate of drug-likeness (QED) is 0.730. The third-order valence-electron chi connectivity index (χ3n) is 4.81. The molecule has 3 aromatic heterocycles. The fraction of sp³-hybridized carbons (Fsp3) is 0.333. The zero-order valence-electron chi connectivity index (χ0n) is 14.1. The molecule has 7 nitrogen and oxygen atoms in total. The first-order chi connectivity index (χ1) is 12.2. The van der Waals surface area contributed by atoms with E-state index in [0.29, 0.717) is 5.56 Å². The molecule has 0 atom stereocenters. The van der Waals surface area contributed by atoms with Crippen molar-refractivity contribution in [2.75, 3.05) is 25.0 Å². The highest BCUT2D eigenvalue weighted by molar-refractivity contribution is 5.95. The van der Waals surface area contributed by atoms with Crippen LogP contribution in [0.4, 0.5) is 5.95 Å². The number of rotatable bonds is 3. The van der Waals surface area contributed by atoms with Gasteiger partial charge in [-0.05, 0) is 37.1 Å². The van der Waals surface area contributed by atoms with Gasteiger partial charge >= 0.3 is 0 Å². The Morgan fingerprint density at radius 3 is 2.68 bits per heavy atom. The standard InChI is InChI=1S/C18H20N6O/c1-22(17(25)14-4-12-24-16(13-14)3-9-21-24)15-5-10-23(11-6-15)18-19-7-2-8-20-18/h2-4,7-9,12-13,15H,5-6,10-11H2,1H3. The number of hydrogen-bond donors (Lipinski definition) is 0. The number of pyridine rings is 1. The first-order valence-corrected chi connectivity index (χ1v) is 8.45. The highest BCUT2D eigenvalue weighted by Crippen LogP contribution is 2.20. The van der Waals surface area contributed by atoms with E-state index in [1.807, 2.05) is 42.4 Å². The molecule has 3 aromatic rings. The summed E-state index contributed by atoms with van der Waals surface area (Å²) in [6.07, 6.45) is 8.90. The fourth-order valence-corrected chi connectivity index (χ4v) is 3.33. The lowest BCUT2D eigenvalue weighted by Gasteiger charge is -2.36. The second kappa shape index (κ2) is 6.51. The van der Waals surface area contributed by atoms with Gasteiger partial charge in [0.25, 0.3) is 5.91 Å². The predicted molar refractivity (Wildman–Crippen MR) is 94.6 cm³/mol. The van der Waals surface area contributed by atoms with Gasteiger partial charge in [-0.25, -0.2) is 14.5 Å². The molecule has 0 N–H and O–H groups in total. The Balaban J connectivity index is 1.42. The SMILES string of the molecule is CN(C(=O)c1ccn2nccc2c1)C1CCN(c2ncccn2)CC1. The van der Waals surface area contributed by atoms with E-state index in [9.17, 15) is 4.79 Å². The Hall–Kier alpha value is -2.96. The minimum atomic E-state index is 0.0538. The maximum absolute atomic E-state index is 12.8. The number of hydrogen-bond acceptors (Lipinski definition) is 5. The van der Waals surface area contributed by atoms with E-state index in [1.165, 1.54) is 0 Å². The van der Waals surface area contributed by atoms with Crippen LogP contribution in [0.5, 0.6) is 0 Å². The molecule has 128 valence electrons. The molecule has 1 aliphatic heterocycles. The molecule has 4 rings (SSSR count). The second-order valence-corrected chi connectivity index (χ2v) is 6.30. The molecule has 0 spiro atoms. The molecular formula is C18H20N6O. The van der Waals surface area contributed by atoms with Crippen molar-refractivity contribution in [3.8, 4) is 0 Å². The molecule has 1 fully saturated rings. The molecule has 7 heteroatoms. The van der Waals surface area contributed by atoms with Crippen LogP contribution >= 0.6 is 0 Å². The number of carbonyl (C=O) groups is 1. The maximum Gasteiger partial charge on any atom is 0.253 e. The number of carbonyl (C=O) groups excluding carboxylic acids is 1. The second-order valence-electron chi connectivity index (χ2n) is 6.30. The van der Waals surface area contributed by atoms with Crippen LogP contribution in [-0.2, 0) is 0 Å². The number of nitrogens with zero attached hydrogens (tertiary/aromatic N) is 6. The molecule has 1 aliphatic rings. The first-order valence-electron chi connectivity index (χ1n) is 8.45. The lowest BCUT2D eigenvalue weighted by Crippen LogP contribution is -2.46. The molecule has 1 saturated heterocycles. The van der Waals surface area contributed by atoms with Gasteiger partial charge in [-0.15, -0.1) is 0 Å². The highest BCUT2D eigenvalue weighted by Gasteiger charge is 2.27. The van der Waals surface area contributed by atoms with Crippen LogP contribution in [0.1, 0.15) is 23.2 Å². The summed E-state index contributed by atoms with van der Waals surface area (Å²) < 4.78 is 1.76. The van der Waals surface area contributed by atoms with E-state index in [4.69, 9.17) is 0 Å². The zero-order valence-corrected chi connectivity index (χ0v) is 14.1. The van der Waals surface area contributed by atoms with Crippen molar-refractivity contribution in [1.29, 1.82) is 0 Å². The van der Waals surface area contributed by atoms with Gasteiger partial charge in [-0.2, -0.15) is 5.10 Å². The Morgan fingerprint density at radius 1 is 1.16 bits per heavy atom. The van der Waals surface area contributed by atoms with Crippen molar-refractivity contribution < 1.29 is 4.79 Å². The van der Waals surface area contributed by atoms with Crippen molar-refractivity contribution >= 4 is 17.4 Å². The Labute approximate surface area is 145 Å². The van der Waals surface area contributed by atoms with Gasteiger partial charge in [0.2, 0.25) is 5.95 Å².